The standard InChI is InChI=1S/C18H24N4O2S/c1-21-6-4-13(5-7-21)17(23)20-18-19-15-3-2-14(12-16(15)25-18)22-8-10-24-11-9-22/h2-3,12-13H,4-11H2,1H3,(H,19,20,23). The second kappa shape index (κ2) is 7.27. The van der Waals surface area contributed by atoms with Gasteiger partial charge in [0.25, 0.3) is 0 Å². The van der Waals surface area contributed by atoms with Crippen LogP contribution in [0.2, 0.25) is 0 Å². The molecule has 6 nitrogen and oxygen atoms in total. The minimum absolute atomic E-state index is 0.104. The normalized spacial score (nSPS) is 20.1. The smallest absolute Gasteiger partial charge is 0.229 e. The molecule has 2 aliphatic heterocycles. The Labute approximate surface area is 151 Å². The van der Waals surface area contributed by atoms with E-state index in [0.717, 1.165) is 62.5 Å². The fraction of sp³-hybridized carbons (Fsp3) is 0.556. The number of morpholine rings is 1. The van der Waals surface area contributed by atoms with Crippen LogP contribution in [-0.2, 0) is 9.53 Å². The molecule has 0 unspecified atom stereocenters. The van der Waals surface area contributed by atoms with Crippen molar-refractivity contribution >= 4 is 38.3 Å². The van der Waals surface area contributed by atoms with Gasteiger partial charge in [0.2, 0.25) is 5.91 Å². The highest BCUT2D eigenvalue weighted by molar-refractivity contribution is 7.22. The maximum atomic E-state index is 12.5. The Morgan fingerprint density at radius 1 is 1.24 bits per heavy atom. The molecule has 1 aromatic carbocycles. The fourth-order valence-corrected chi connectivity index (χ4v) is 4.37. The van der Waals surface area contributed by atoms with Gasteiger partial charge in [-0.3, -0.25) is 4.79 Å². The first-order valence-corrected chi connectivity index (χ1v) is 9.73. The van der Waals surface area contributed by atoms with Gasteiger partial charge < -0.3 is 19.9 Å². The number of hydrogen-bond acceptors (Lipinski definition) is 6. The van der Waals surface area contributed by atoms with Crippen LogP contribution in [-0.4, -0.2) is 62.2 Å². The van der Waals surface area contributed by atoms with Crippen LogP contribution < -0.4 is 10.2 Å². The molecular weight excluding hydrogens is 336 g/mol. The van der Waals surface area contributed by atoms with E-state index in [0.29, 0.717) is 5.13 Å². The quantitative estimate of drug-likeness (QED) is 0.911. The van der Waals surface area contributed by atoms with Crippen LogP contribution in [0.4, 0.5) is 10.8 Å². The zero-order chi connectivity index (χ0) is 17.2. The van der Waals surface area contributed by atoms with Gasteiger partial charge in [0.05, 0.1) is 23.4 Å². The monoisotopic (exact) mass is 360 g/mol. The van der Waals surface area contributed by atoms with Crippen LogP contribution in [0.1, 0.15) is 12.8 Å². The molecular formula is C18H24N4O2S. The lowest BCUT2D eigenvalue weighted by Gasteiger charge is -2.28. The molecule has 1 amide bonds. The Bertz CT molecular complexity index is 749. The molecule has 7 heteroatoms. The summed E-state index contributed by atoms with van der Waals surface area (Å²) < 4.78 is 6.53. The highest BCUT2D eigenvalue weighted by atomic mass is 32.1. The van der Waals surface area contributed by atoms with Crippen LogP contribution in [0.25, 0.3) is 10.2 Å². The lowest BCUT2D eigenvalue weighted by molar-refractivity contribution is -0.121. The highest BCUT2D eigenvalue weighted by Gasteiger charge is 2.24. The number of carbonyl (C=O) groups excluding carboxylic acids is 1. The number of aromatic nitrogens is 1. The molecule has 134 valence electrons. The number of piperidine rings is 1. The maximum absolute atomic E-state index is 12.5. The number of ether oxygens (including phenoxy) is 1. The van der Waals surface area contributed by atoms with Crippen molar-refractivity contribution in [2.45, 2.75) is 12.8 Å². The van der Waals surface area contributed by atoms with E-state index in [4.69, 9.17) is 4.74 Å². The summed E-state index contributed by atoms with van der Waals surface area (Å²) in [7, 11) is 2.10. The molecule has 0 atom stereocenters. The van der Waals surface area contributed by atoms with E-state index in [1.54, 1.807) is 11.3 Å². The summed E-state index contributed by atoms with van der Waals surface area (Å²) in [6, 6.07) is 6.32. The van der Waals surface area contributed by atoms with E-state index in [-0.39, 0.29) is 11.8 Å². The molecule has 0 radical (unpaired) electrons. The summed E-state index contributed by atoms with van der Waals surface area (Å²) in [5.74, 6) is 0.215. The topological polar surface area (TPSA) is 57.7 Å². The second-order valence-electron chi connectivity index (χ2n) is 6.84. The number of anilines is 2. The number of hydrogen-bond donors (Lipinski definition) is 1. The predicted octanol–water partition coefficient (Wildman–Crippen LogP) is 2.41. The fourth-order valence-electron chi connectivity index (χ4n) is 3.46. The summed E-state index contributed by atoms with van der Waals surface area (Å²) in [5, 5.41) is 3.74. The summed E-state index contributed by atoms with van der Waals surface area (Å²) in [6.07, 6.45) is 1.85. The molecule has 0 spiro atoms. The molecule has 0 aliphatic carbocycles. The summed E-state index contributed by atoms with van der Waals surface area (Å²) in [4.78, 5) is 21.7. The third-order valence-electron chi connectivity index (χ3n) is 5.07. The third kappa shape index (κ3) is 3.78. The Morgan fingerprint density at radius 3 is 2.76 bits per heavy atom. The average molecular weight is 360 g/mol. The van der Waals surface area contributed by atoms with Gasteiger partial charge in [-0.15, -0.1) is 0 Å². The van der Waals surface area contributed by atoms with Crippen molar-refractivity contribution in [1.82, 2.24) is 9.88 Å². The molecule has 0 bridgehead atoms. The molecule has 2 fully saturated rings. The van der Waals surface area contributed by atoms with Crippen molar-refractivity contribution in [2.75, 3.05) is 56.7 Å². The molecule has 1 N–H and O–H groups in total. The summed E-state index contributed by atoms with van der Waals surface area (Å²) >= 11 is 1.56. The van der Waals surface area contributed by atoms with Gasteiger partial charge in [-0.05, 0) is 51.2 Å². The van der Waals surface area contributed by atoms with Crippen molar-refractivity contribution in [3.05, 3.63) is 18.2 Å². The Balaban J connectivity index is 1.46. The maximum Gasteiger partial charge on any atom is 0.229 e. The first kappa shape index (κ1) is 16.8. The van der Waals surface area contributed by atoms with Crippen molar-refractivity contribution in [3.8, 4) is 0 Å². The van der Waals surface area contributed by atoms with Gasteiger partial charge in [-0.2, -0.15) is 0 Å². The van der Waals surface area contributed by atoms with Crippen molar-refractivity contribution in [3.63, 3.8) is 0 Å². The van der Waals surface area contributed by atoms with Crippen LogP contribution in [0.15, 0.2) is 18.2 Å². The molecule has 2 saturated heterocycles. The number of carbonyl (C=O) groups is 1. The van der Waals surface area contributed by atoms with Gasteiger partial charge in [0, 0.05) is 24.7 Å². The van der Waals surface area contributed by atoms with Crippen molar-refractivity contribution < 1.29 is 9.53 Å². The van der Waals surface area contributed by atoms with Crippen LogP contribution in [0.3, 0.4) is 0 Å². The van der Waals surface area contributed by atoms with Crippen LogP contribution >= 0.6 is 11.3 Å². The number of rotatable bonds is 3. The molecule has 3 heterocycles. The highest BCUT2D eigenvalue weighted by Crippen LogP contribution is 2.30. The van der Waals surface area contributed by atoms with Gasteiger partial charge in [-0.25, -0.2) is 4.98 Å². The van der Waals surface area contributed by atoms with E-state index in [1.807, 2.05) is 6.07 Å². The second-order valence-corrected chi connectivity index (χ2v) is 7.87. The Kier molecular flexibility index (Phi) is 4.87. The van der Waals surface area contributed by atoms with Crippen LogP contribution in [0, 0.1) is 5.92 Å². The molecule has 2 aromatic rings. The number of nitrogens with one attached hydrogen (secondary N) is 1. The van der Waals surface area contributed by atoms with E-state index in [2.05, 4.69) is 39.3 Å². The molecule has 0 saturated carbocycles. The summed E-state index contributed by atoms with van der Waals surface area (Å²) in [6.45, 7) is 5.37. The van der Waals surface area contributed by atoms with Gasteiger partial charge in [0.1, 0.15) is 0 Å². The SMILES string of the molecule is CN1CCC(C(=O)Nc2nc3ccc(N4CCOCC4)cc3s2)CC1. The molecule has 4 rings (SSSR count). The van der Waals surface area contributed by atoms with E-state index in [9.17, 15) is 4.79 Å². The Morgan fingerprint density at radius 2 is 2.00 bits per heavy atom. The number of nitrogens with zero attached hydrogens (tertiary/aromatic N) is 3. The van der Waals surface area contributed by atoms with E-state index in [1.165, 1.54) is 5.69 Å². The van der Waals surface area contributed by atoms with Gasteiger partial charge in [-0.1, -0.05) is 11.3 Å². The zero-order valence-electron chi connectivity index (χ0n) is 14.5. The van der Waals surface area contributed by atoms with Gasteiger partial charge >= 0.3 is 0 Å². The largest absolute Gasteiger partial charge is 0.378 e. The van der Waals surface area contributed by atoms with E-state index >= 15 is 0 Å². The average Bonchev–Trinajstić information content (AvgIpc) is 3.04. The van der Waals surface area contributed by atoms with E-state index < -0.39 is 0 Å². The lowest BCUT2D eigenvalue weighted by Crippen LogP contribution is -2.36. The van der Waals surface area contributed by atoms with Crippen LogP contribution in [0.5, 0.6) is 0 Å². The number of fused-ring (bicyclic) bond motifs is 1. The number of benzene rings is 1. The number of amides is 1. The van der Waals surface area contributed by atoms with Crippen molar-refractivity contribution in [2.24, 2.45) is 5.92 Å². The lowest BCUT2D eigenvalue weighted by atomic mass is 9.96. The first-order valence-electron chi connectivity index (χ1n) is 8.92. The number of thiazole rings is 1. The third-order valence-corrected chi connectivity index (χ3v) is 6.00. The minimum Gasteiger partial charge on any atom is -0.378 e. The number of likely N-dealkylation sites (tertiary alicyclic amines) is 1. The first-order chi connectivity index (χ1) is 12.2. The zero-order valence-corrected chi connectivity index (χ0v) is 15.3. The van der Waals surface area contributed by atoms with Crippen molar-refractivity contribution in [1.29, 1.82) is 0 Å². The predicted molar refractivity (Wildman–Crippen MR) is 102 cm³/mol. The molecule has 1 aromatic heterocycles. The molecule has 2 aliphatic rings. The minimum atomic E-state index is 0.104. The van der Waals surface area contributed by atoms with Gasteiger partial charge in [0.15, 0.2) is 5.13 Å². The Hall–Kier alpha value is -1.70. The summed E-state index contributed by atoms with van der Waals surface area (Å²) in [5.41, 5.74) is 2.15. The molecule has 25 heavy (non-hydrogen) atoms.